The molecule has 0 saturated heterocycles. The van der Waals surface area contributed by atoms with E-state index in [0.29, 0.717) is 5.13 Å². The van der Waals surface area contributed by atoms with Crippen molar-refractivity contribution in [3.63, 3.8) is 0 Å². The van der Waals surface area contributed by atoms with Crippen LogP contribution < -0.4 is 10.6 Å². The number of hydrogen-bond acceptors (Lipinski definition) is 6. The largest absolute Gasteiger partial charge is 0.375 e. The molecule has 0 bridgehead atoms. The lowest BCUT2D eigenvalue weighted by atomic mass is 10.2. The van der Waals surface area contributed by atoms with E-state index >= 15 is 0 Å². The van der Waals surface area contributed by atoms with E-state index in [1.165, 1.54) is 4.88 Å². The van der Waals surface area contributed by atoms with Crippen LogP contribution in [0.3, 0.4) is 0 Å². The molecular formula is C11H13N5S. The summed E-state index contributed by atoms with van der Waals surface area (Å²) in [5, 5.41) is 0.663. The molecule has 5 nitrogen and oxygen atoms in total. The highest BCUT2D eigenvalue weighted by Gasteiger charge is 2.20. The van der Waals surface area contributed by atoms with Gasteiger partial charge >= 0.3 is 0 Å². The molecule has 88 valence electrons. The highest BCUT2D eigenvalue weighted by atomic mass is 32.1. The number of thiazole rings is 1. The van der Waals surface area contributed by atoms with Crippen LogP contribution in [0.1, 0.15) is 16.4 Å². The van der Waals surface area contributed by atoms with E-state index in [9.17, 15) is 0 Å². The first-order valence-corrected chi connectivity index (χ1v) is 6.32. The van der Waals surface area contributed by atoms with E-state index in [2.05, 4.69) is 19.9 Å². The van der Waals surface area contributed by atoms with Gasteiger partial charge in [0.25, 0.3) is 0 Å². The van der Waals surface area contributed by atoms with Gasteiger partial charge in [0.05, 0.1) is 12.2 Å². The third-order valence-corrected chi connectivity index (χ3v) is 3.74. The molecule has 3 rings (SSSR count). The van der Waals surface area contributed by atoms with Crippen LogP contribution >= 0.6 is 11.3 Å². The van der Waals surface area contributed by atoms with Gasteiger partial charge in [-0.2, -0.15) is 0 Å². The molecule has 0 aromatic carbocycles. The first-order chi connectivity index (χ1) is 8.22. The fourth-order valence-corrected chi connectivity index (χ4v) is 2.93. The summed E-state index contributed by atoms with van der Waals surface area (Å²) in [6.07, 6.45) is 2.74. The lowest BCUT2D eigenvalue weighted by Crippen LogP contribution is -2.30. The quantitative estimate of drug-likeness (QED) is 0.824. The van der Waals surface area contributed by atoms with Crippen LogP contribution in [0, 0.1) is 6.92 Å². The highest BCUT2D eigenvalue weighted by Crippen LogP contribution is 2.28. The Balaban J connectivity index is 1.88. The SMILES string of the molecule is Cc1nccc(N2CCc3nc(N)sc3C2)n1. The van der Waals surface area contributed by atoms with Crippen LogP contribution in [0.4, 0.5) is 10.9 Å². The standard InChI is InChI=1S/C11H13N5S/c1-7-13-4-2-10(14-7)16-5-3-8-9(6-16)17-11(12)15-8/h2,4H,3,5-6H2,1H3,(H2,12,15). The van der Waals surface area contributed by atoms with Crippen LogP contribution in [-0.4, -0.2) is 21.5 Å². The first-order valence-electron chi connectivity index (χ1n) is 5.51. The van der Waals surface area contributed by atoms with E-state index < -0.39 is 0 Å². The molecule has 0 saturated carbocycles. The zero-order valence-electron chi connectivity index (χ0n) is 9.55. The summed E-state index contributed by atoms with van der Waals surface area (Å²) in [4.78, 5) is 16.4. The molecule has 6 heteroatoms. The van der Waals surface area contributed by atoms with E-state index in [1.807, 2.05) is 13.0 Å². The monoisotopic (exact) mass is 247 g/mol. The van der Waals surface area contributed by atoms with Gasteiger partial charge in [-0.25, -0.2) is 15.0 Å². The predicted molar refractivity (Wildman–Crippen MR) is 68.0 cm³/mol. The van der Waals surface area contributed by atoms with Crippen LogP contribution in [-0.2, 0) is 13.0 Å². The second-order valence-electron chi connectivity index (χ2n) is 4.06. The van der Waals surface area contributed by atoms with Gasteiger partial charge < -0.3 is 10.6 Å². The van der Waals surface area contributed by atoms with Gasteiger partial charge in [-0.15, -0.1) is 11.3 Å². The molecule has 0 radical (unpaired) electrons. The number of rotatable bonds is 1. The van der Waals surface area contributed by atoms with Crippen molar-refractivity contribution in [3.05, 3.63) is 28.7 Å². The molecule has 2 N–H and O–H groups in total. The van der Waals surface area contributed by atoms with Crippen molar-refractivity contribution in [2.24, 2.45) is 0 Å². The maximum Gasteiger partial charge on any atom is 0.180 e. The molecule has 17 heavy (non-hydrogen) atoms. The van der Waals surface area contributed by atoms with Gasteiger partial charge in [-0.05, 0) is 13.0 Å². The lowest BCUT2D eigenvalue weighted by Gasteiger charge is -2.26. The number of nitrogen functional groups attached to an aromatic ring is 1. The van der Waals surface area contributed by atoms with E-state index in [0.717, 1.165) is 36.8 Å². The normalized spacial score (nSPS) is 14.8. The summed E-state index contributed by atoms with van der Waals surface area (Å²) in [7, 11) is 0. The summed E-state index contributed by atoms with van der Waals surface area (Å²) in [5.41, 5.74) is 6.88. The molecule has 2 aromatic heterocycles. The summed E-state index contributed by atoms with van der Waals surface area (Å²) in [6, 6.07) is 1.95. The van der Waals surface area contributed by atoms with E-state index in [4.69, 9.17) is 5.73 Å². The van der Waals surface area contributed by atoms with Gasteiger partial charge in [0, 0.05) is 24.0 Å². The Labute approximate surface area is 103 Å². The van der Waals surface area contributed by atoms with Crippen LogP contribution in [0.15, 0.2) is 12.3 Å². The van der Waals surface area contributed by atoms with Crippen molar-refractivity contribution < 1.29 is 0 Å². The third kappa shape index (κ3) is 1.95. The third-order valence-electron chi connectivity index (χ3n) is 2.83. The Morgan fingerprint density at radius 3 is 3.12 bits per heavy atom. The summed E-state index contributed by atoms with van der Waals surface area (Å²) in [5.74, 6) is 1.78. The Kier molecular flexibility index (Phi) is 2.44. The minimum absolute atomic E-state index is 0.663. The molecule has 0 atom stereocenters. The smallest absolute Gasteiger partial charge is 0.180 e. The number of aryl methyl sites for hydroxylation is 1. The molecule has 0 unspecified atom stereocenters. The highest BCUT2D eigenvalue weighted by molar-refractivity contribution is 7.15. The van der Waals surface area contributed by atoms with Crippen LogP contribution in [0.2, 0.25) is 0 Å². The molecule has 0 spiro atoms. The molecule has 0 fully saturated rings. The molecule has 0 aliphatic carbocycles. The van der Waals surface area contributed by atoms with Crippen molar-refractivity contribution in [2.45, 2.75) is 19.9 Å². The number of hydrogen-bond donors (Lipinski definition) is 1. The zero-order chi connectivity index (χ0) is 11.8. The van der Waals surface area contributed by atoms with Crippen LogP contribution in [0.25, 0.3) is 0 Å². The lowest BCUT2D eigenvalue weighted by molar-refractivity contribution is 0.715. The summed E-state index contributed by atoms with van der Waals surface area (Å²) >= 11 is 1.57. The maximum atomic E-state index is 5.73. The van der Waals surface area contributed by atoms with Crippen LogP contribution in [0.5, 0.6) is 0 Å². The van der Waals surface area contributed by atoms with Crippen molar-refractivity contribution in [1.29, 1.82) is 0 Å². The van der Waals surface area contributed by atoms with Gasteiger partial charge in [0.1, 0.15) is 11.6 Å². The first kappa shape index (κ1) is 10.5. The second kappa shape index (κ2) is 3.96. The number of fused-ring (bicyclic) bond motifs is 1. The summed E-state index contributed by atoms with van der Waals surface area (Å²) < 4.78 is 0. The van der Waals surface area contributed by atoms with Gasteiger partial charge in [-0.1, -0.05) is 0 Å². The van der Waals surface area contributed by atoms with Gasteiger partial charge in [0.2, 0.25) is 0 Å². The maximum absolute atomic E-state index is 5.73. The Morgan fingerprint density at radius 1 is 1.41 bits per heavy atom. The fraction of sp³-hybridized carbons (Fsp3) is 0.364. The average molecular weight is 247 g/mol. The fourth-order valence-electron chi connectivity index (χ4n) is 2.03. The van der Waals surface area contributed by atoms with Crippen molar-refractivity contribution >= 4 is 22.3 Å². The second-order valence-corrected chi connectivity index (χ2v) is 5.17. The van der Waals surface area contributed by atoms with Crippen molar-refractivity contribution in [3.8, 4) is 0 Å². The summed E-state index contributed by atoms with van der Waals surface area (Å²) in [6.45, 7) is 3.69. The number of anilines is 2. The Morgan fingerprint density at radius 2 is 2.29 bits per heavy atom. The Bertz CT molecular complexity index is 551. The minimum atomic E-state index is 0.663. The molecular weight excluding hydrogens is 234 g/mol. The topological polar surface area (TPSA) is 67.9 Å². The van der Waals surface area contributed by atoms with Crippen molar-refractivity contribution in [2.75, 3.05) is 17.2 Å². The average Bonchev–Trinajstić information content (AvgIpc) is 2.68. The number of aromatic nitrogens is 3. The molecule has 1 aliphatic rings. The Hall–Kier alpha value is -1.69. The molecule has 3 heterocycles. The predicted octanol–water partition coefficient (Wildman–Crippen LogP) is 1.39. The zero-order valence-corrected chi connectivity index (χ0v) is 10.4. The van der Waals surface area contributed by atoms with Crippen molar-refractivity contribution in [1.82, 2.24) is 15.0 Å². The van der Waals surface area contributed by atoms with E-state index in [1.54, 1.807) is 17.5 Å². The number of nitrogens with zero attached hydrogens (tertiary/aromatic N) is 4. The molecule has 2 aromatic rings. The van der Waals surface area contributed by atoms with E-state index in [-0.39, 0.29) is 0 Å². The number of nitrogens with two attached hydrogens (primary N) is 1. The minimum Gasteiger partial charge on any atom is -0.375 e. The van der Waals surface area contributed by atoms with Gasteiger partial charge in [-0.3, -0.25) is 0 Å². The van der Waals surface area contributed by atoms with Gasteiger partial charge in [0.15, 0.2) is 5.13 Å². The molecule has 1 aliphatic heterocycles. The molecule has 0 amide bonds.